The second-order valence-electron chi connectivity index (χ2n) is 6.20. The summed E-state index contributed by atoms with van der Waals surface area (Å²) in [5.41, 5.74) is 3.24. The SMILES string of the molecule is Cc1ccc(Nc2cc(C)nc(N3CCCCCC3)n2)c(Br)c1. The van der Waals surface area contributed by atoms with E-state index in [1.54, 1.807) is 0 Å². The van der Waals surface area contributed by atoms with Gasteiger partial charge in [-0.15, -0.1) is 0 Å². The van der Waals surface area contributed by atoms with Crippen LogP contribution in [0.2, 0.25) is 0 Å². The standard InChI is InChI=1S/C18H23BrN4/c1-13-7-8-16(15(19)11-13)21-17-12-14(2)20-18(22-17)23-9-5-3-4-6-10-23/h7-8,11-12H,3-6,9-10H2,1-2H3,(H,20,21,22). The molecule has 0 bridgehead atoms. The van der Waals surface area contributed by atoms with Crippen LogP contribution in [-0.4, -0.2) is 23.1 Å². The molecule has 0 aliphatic carbocycles. The smallest absolute Gasteiger partial charge is 0.227 e. The van der Waals surface area contributed by atoms with E-state index < -0.39 is 0 Å². The van der Waals surface area contributed by atoms with Crippen LogP contribution >= 0.6 is 15.9 Å². The lowest BCUT2D eigenvalue weighted by atomic mass is 10.2. The van der Waals surface area contributed by atoms with Crippen LogP contribution in [0.3, 0.4) is 0 Å². The van der Waals surface area contributed by atoms with Crippen molar-refractivity contribution in [3.05, 3.63) is 40.0 Å². The number of nitrogens with one attached hydrogen (secondary N) is 1. The molecule has 5 heteroatoms. The van der Waals surface area contributed by atoms with Crippen molar-refractivity contribution < 1.29 is 0 Å². The Kier molecular flexibility index (Phi) is 5.16. The Morgan fingerprint density at radius 2 is 1.74 bits per heavy atom. The number of nitrogens with zero attached hydrogens (tertiary/aromatic N) is 3. The van der Waals surface area contributed by atoms with E-state index in [1.165, 1.54) is 31.2 Å². The molecule has 0 saturated carbocycles. The maximum atomic E-state index is 4.74. The highest BCUT2D eigenvalue weighted by Gasteiger charge is 2.14. The summed E-state index contributed by atoms with van der Waals surface area (Å²) < 4.78 is 1.05. The molecule has 1 aromatic carbocycles. The van der Waals surface area contributed by atoms with Gasteiger partial charge in [0, 0.05) is 29.3 Å². The van der Waals surface area contributed by atoms with E-state index in [9.17, 15) is 0 Å². The number of halogens is 1. The summed E-state index contributed by atoms with van der Waals surface area (Å²) >= 11 is 3.61. The average molecular weight is 375 g/mol. The van der Waals surface area contributed by atoms with Gasteiger partial charge in [0.2, 0.25) is 5.95 Å². The van der Waals surface area contributed by atoms with E-state index in [-0.39, 0.29) is 0 Å². The third-order valence-electron chi connectivity index (χ3n) is 4.12. The molecule has 1 aliphatic heterocycles. The molecule has 1 saturated heterocycles. The quantitative estimate of drug-likeness (QED) is 0.822. The summed E-state index contributed by atoms with van der Waals surface area (Å²) in [6.07, 6.45) is 5.07. The monoisotopic (exact) mass is 374 g/mol. The number of rotatable bonds is 3. The zero-order valence-electron chi connectivity index (χ0n) is 13.8. The van der Waals surface area contributed by atoms with E-state index in [2.05, 4.69) is 56.3 Å². The van der Waals surface area contributed by atoms with Crippen LogP contribution in [0.1, 0.15) is 36.9 Å². The highest BCUT2D eigenvalue weighted by Crippen LogP contribution is 2.27. The van der Waals surface area contributed by atoms with Crippen molar-refractivity contribution in [2.24, 2.45) is 0 Å². The molecule has 4 nitrogen and oxygen atoms in total. The van der Waals surface area contributed by atoms with Crippen molar-refractivity contribution in [3.63, 3.8) is 0 Å². The van der Waals surface area contributed by atoms with Crippen molar-refractivity contribution in [3.8, 4) is 0 Å². The van der Waals surface area contributed by atoms with Gasteiger partial charge >= 0.3 is 0 Å². The lowest BCUT2D eigenvalue weighted by Crippen LogP contribution is -2.26. The molecular weight excluding hydrogens is 352 g/mol. The lowest BCUT2D eigenvalue weighted by molar-refractivity contribution is 0.726. The van der Waals surface area contributed by atoms with Gasteiger partial charge in [0.25, 0.3) is 0 Å². The molecule has 1 fully saturated rings. The lowest BCUT2D eigenvalue weighted by Gasteiger charge is -2.21. The van der Waals surface area contributed by atoms with Gasteiger partial charge in [-0.1, -0.05) is 18.9 Å². The minimum absolute atomic E-state index is 0.845. The first-order valence-corrected chi connectivity index (χ1v) is 9.05. The maximum absolute atomic E-state index is 4.74. The summed E-state index contributed by atoms with van der Waals surface area (Å²) in [7, 11) is 0. The predicted molar refractivity (Wildman–Crippen MR) is 99.6 cm³/mol. The zero-order valence-corrected chi connectivity index (χ0v) is 15.4. The second-order valence-corrected chi connectivity index (χ2v) is 7.06. The Balaban J connectivity index is 1.84. The highest BCUT2D eigenvalue weighted by atomic mass is 79.9. The Morgan fingerprint density at radius 1 is 1.00 bits per heavy atom. The molecule has 2 heterocycles. The number of aryl methyl sites for hydroxylation is 2. The largest absolute Gasteiger partial charge is 0.341 e. The first-order chi connectivity index (χ1) is 11.1. The van der Waals surface area contributed by atoms with Crippen LogP contribution in [0, 0.1) is 13.8 Å². The minimum Gasteiger partial charge on any atom is -0.341 e. The van der Waals surface area contributed by atoms with E-state index in [1.807, 2.05) is 13.0 Å². The number of aromatic nitrogens is 2. The first kappa shape index (κ1) is 16.2. The average Bonchev–Trinajstić information content (AvgIpc) is 2.79. The fraction of sp³-hybridized carbons (Fsp3) is 0.444. The Hall–Kier alpha value is -1.62. The van der Waals surface area contributed by atoms with Crippen LogP contribution < -0.4 is 10.2 Å². The molecule has 23 heavy (non-hydrogen) atoms. The fourth-order valence-electron chi connectivity index (χ4n) is 2.89. The number of benzene rings is 1. The number of anilines is 3. The van der Waals surface area contributed by atoms with E-state index >= 15 is 0 Å². The molecule has 2 aromatic rings. The summed E-state index contributed by atoms with van der Waals surface area (Å²) in [6.45, 7) is 6.22. The zero-order chi connectivity index (χ0) is 16.2. The predicted octanol–water partition coefficient (Wildman–Crippen LogP) is 4.98. The summed E-state index contributed by atoms with van der Waals surface area (Å²) in [5, 5.41) is 3.41. The fourth-order valence-corrected chi connectivity index (χ4v) is 3.48. The molecule has 3 rings (SSSR count). The highest BCUT2D eigenvalue weighted by molar-refractivity contribution is 9.10. The Morgan fingerprint density at radius 3 is 2.43 bits per heavy atom. The van der Waals surface area contributed by atoms with Gasteiger partial charge in [0.15, 0.2) is 0 Å². The summed E-state index contributed by atoms with van der Waals surface area (Å²) in [6, 6.07) is 8.26. The van der Waals surface area contributed by atoms with Crippen LogP contribution in [-0.2, 0) is 0 Å². The summed E-state index contributed by atoms with van der Waals surface area (Å²) in [4.78, 5) is 11.7. The molecule has 1 aromatic heterocycles. The Labute approximate surface area is 146 Å². The van der Waals surface area contributed by atoms with Crippen molar-refractivity contribution >= 4 is 33.4 Å². The molecule has 0 amide bonds. The molecule has 122 valence electrons. The number of hydrogen-bond donors (Lipinski definition) is 1. The van der Waals surface area contributed by atoms with Crippen molar-refractivity contribution in [1.82, 2.24) is 9.97 Å². The van der Waals surface area contributed by atoms with Crippen LogP contribution in [0.4, 0.5) is 17.5 Å². The molecular formula is C18H23BrN4. The topological polar surface area (TPSA) is 41.1 Å². The van der Waals surface area contributed by atoms with E-state index in [4.69, 9.17) is 4.98 Å². The van der Waals surface area contributed by atoms with E-state index in [0.29, 0.717) is 0 Å². The van der Waals surface area contributed by atoms with E-state index in [0.717, 1.165) is 40.7 Å². The van der Waals surface area contributed by atoms with Gasteiger partial charge in [0.05, 0.1) is 5.69 Å². The molecule has 0 unspecified atom stereocenters. The molecule has 0 atom stereocenters. The first-order valence-electron chi connectivity index (χ1n) is 8.25. The molecule has 1 aliphatic rings. The van der Waals surface area contributed by atoms with Gasteiger partial charge in [-0.25, -0.2) is 4.98 Å². The third kappa shape index (κ3) is 4.22. The number of hydrogen-bond acceptors (Lipinski definition) is 4. The van der Waals surface area contributed by atoms with Crippen molar-refractivity contribution in [1.29, 1.82) is 0 Å². The van der Waals surface area contributed by atoms with Crippen LogP contribution in [0.5, 0.6) is 0 Å². The molecule has 1 N–H and O–H groups in total. The Bertz CT molecular complexity index is 679. The van der Waals surface area contributed by atoms with Gasteiger partial charge in [-0.05, 0) is 60.3 Å². The van der Waals surface area contributed by atoms with Crippen LogP contribution in [0.15, 0.2) is 28.7 Å². The molecule has 0 spiro atoms. The minimum atomic E-state index is 0.845. The van der Waals surface area contributed by atoms with Gasteiger partial charge < -0.3 is 10.2 Å². The van der Waals surface area contributed by atoms with Crippen LogP contribution in [0.25, 0.3) is 0 Å². The normalized spacial score (nSPS) is 15.3. The van der Waals surface area contributed by atoms with Gasteiger partial charge in [-0.3, -0.25) is 0 Å². The third-order valence-corrected chi connectivity index (χ3v) is 4.77. The second kappa shape index (κ2) is 7.30. The van der Waals surface area contributed by atoms with Crippen molar-refractivity contribution in [2.45, 2.75) is 39.5 Å². The summed E-state index contributed by atoms with van der Waals surface area (Å²) in [5.74, 6) is 1.69. The van der Waals surface area contributed by atoms with Gasteiger partial charge in [0.1, 0.15) is 5.82 Å². The molecule has 0 radical (unpaired) electrons. The van der Waals surface area contributed by atoms with Crippen molar-refractivity contribution in [2.75, 3.05) is 23.3 Å². The van der Waals surface area contributed by atoms with Gasteiger partial charge in [-0.2, -0.15) is 4.98 Å². The maximum Gasteiger partial charge on any atom is 0.227 e.